The predicted octanol–water partition coefficient (Wildman–Crippen LogP) is 2.42. The van der Waals surface area contributed by atoms with E-state index in [1.54, 1.807) is 0 Å². The fourth-order valence-corrected chi connectivity index (χ4v) is 1.08. The molecule has 5 heteroatoms. The summed E-state index contributed by atoms with van der Waals surface area (Å²) in [6, 6.07) is 0. The van der Waals surface area contributed by atoms with E-state index in [2.05, 4.69) is 0 Å². The summed E-state index contributed by atoms with van der Waals surface area (Å²) in [7, 11) is 0. The molecule has 2 N–H and O–H groups in total. The van der Waals surface area contributed by atoms with Crippen molar-refractivity contribution in [1.29, 1.82) is 0 Å². The average molecular weight is 211 g/mol. The number of unbranched alkanes of at least 4 members (excludes halogenated alkanes) is 1. The van der Waals surface area contributed by atoms with Crippen LogP contribution in [0.25, 0.3) is 0 Å². The lowest BCUT2D eigenvalue weighted by Gasteiger charge is -2.04. The second-order valence-corrected chi connectivity index (χ2v) is 3.25. The third kappa shape index (κ3) is 9.51. The maximum Gasteiger partial charge on any atom is 0.389 e. The number of ketones is 1. The molecule has 0 radical (unpaired) electrons. The van der Waals surface area contributed by atoms with E-state index < -0.39 is 12.6 Å². The Hall–Kier alpha value is -0.580. The maximum atomic E-state index is 11.7. The van der Waals surface area contributed by atoms with E-state index in [1.165, 1.54) is 0 Å². The van der Waals surface area contributed by atoms with Gasteiger partial charge < -0.3 is 5.73 Å². The van der Waals surface area contributed by atoms with E-state index in [9.17, 15) is 18.0 Å². The summed E-state index contributed by atoms with van der Waals surface area (Å²) >= 11 is 0. The van der Waals surface area contributed by atoms with Crippen LogP contribution in [0.15, 0.2) is 0 Å². The van der Waals surface area contributed by atoms with Gasteiger partial charge in [0.2, 0.25) is 0 Å². The Morgan fingerprint density at radius 1 is 1.07 bits per heavy atom. The maximum absolute atomic E-state index is 11.7. The highest BCUT2D eigenvalue weighted by molar-refractivity contribution is 5.78. The highest BCUT2D eigenvalue weighted by atomic mass is 19.4. The average Bonchev–Trinajstić information content (AvgIpc) is 2.02. The van der Waals surface area contributed by atoms with Crippen LogP contribution in [-0.2, 0) is 4.79 Å². The summed E-state index contributed by atoms with van der Waals surface area (Å²) < 4.78 is 35.1. The van der Waals surface area contributed by atoms with Crippen LogP contribution in [0.1, 0.15) is 38.5 Å². The molecule has 0 saturated carbocycles. The predicted molar refractivity (Wildman–Crippen MR) is 47.8 cm³/mol. The van der Waals surface area contributed by atoms with Crippen LogP contribution in [0.2, 0.25) is 0 Å². The molecule has 0 amide bonds. The van der Waals surface area contributed by atoms with E-state index in [0.29, 0.717) is 19.4 Å². The first-order valence-corrected chi connectivity index (χ1v) is 4.74. The Morgan fingerprint density at radius 3 is 2.14 bits per heavy atom. The van der Waals surface area contributed by atoms with Gasteiger partial charge in [0.05, 0.1) is 0 Å². The lowest BCUT2D eigenvalue weighted by atomic mass is 10.1. The standard InChI is InChI=1S/C9H16F3NO/c10-9(11,12)6-3-5-8(14)4-1-2-7-13/h1-7,13H2. The minimum Gasteiger partial charge on any atom is -0.330 e. The summed E-state index contributed by atoms with van der Waals surface area (Å²) in [5.74, 6) is -0.0947. The third-order valence-electron chi connectivity index (χ3n) is 1.83. The summed E-state index contributed by atoms with van der Waals surface area (Å²) in [4.78, 5) is 11.0. The topological polar surface area (TPSA) is 43.1 Å². The van der Waals surface area contributed by atoms with Crippen molar-refractivity contribution in [3.63, 3.8) is 0 Å². The zero-order valence-corrected chi connectivity index (χ0v) is 8.07. The Morgan fingerprint density at radius 2 is 1.64 bits per heavy atom. The smallest absolute Gasteiger partial charge is 0.330 e. The zero-order valence-electron chi connectivity index (χ0n) is 8.07. The SMILES string of the molecule is NCCCCC(=O)CCCC(F)(F)F. The molecule has 0 aromatic heterocycles. The summed E-state index contributed by atoms with van der Waals surface area (Å²) in [5, 5.41) is 0. The van der Waals surface area contributed by atoms with Crippen LogP contribution in [0.5, 0.6) is 0 Å². The number of alkyl halides is 3. The number of halogens is 3. The van der Waals surface area contributed by atoms with E-state index in [1.807, 2.05) is 0 Å². The fourth-order valence-electron chi connectivity index (χ4n) is 1.08. The quantitative estimate of drug-likeness (QED) is 0.657. The van der Waals surface area contributed by atoms with Crippen molar-refractivity contribution in [1.82, 2.24) is 0 Å². The highest BCUT2D eigenvalue weighted by Gasteiger charge is 2.26. The van der Waals surface area contributed by atoms with E-state index in [0.717, 1.165) is 6.42 Å². The zero-order chi connectivity index (χ0) is 11.0. The van der Waals surface area contributed by atoms with Gasteiger partial charge in [-0.2, -0.15) is 13.2 Å². The minimum atomic E-state index is -4.14. The van der Waals surface area contributed by atoms with E-state index in [4.69, 9.17) is 5.73 Å². The molecule has 0 atom stereocenters. The number of Topliss-reactive ketones (excluding diaryl/α,β-unsaturated/α-hetero) is 1. The minimum absolute atomic E-state index is 0.0318. The Labute approximate surface area is 81.7 Å². The van der Waals surface area contributed by atoms with Crippen molar-refractivity contribution in [2.24, 2.45) is 5.73 Å². The Kier molecular flexibility index (Phi) is 6.53. The summed E-state index contributed by atoms with van der Waals surface area (Å²) in [5.41, 5.74) is 5.21. The number of rotatable bonds is 7. The van der Waals surface area contributed by atoms with Crippen LogP contribution in [0.4, 0.5) is 13.2 Å². The van der Waals surface area contributed by atoms with Gasteiger partial charge in [0.15, 0.2) is 0 Å². The van der Waals surface area contributed by atoms with Crippen molar-refractivity contribution < 1.29 is 18.0 Å². The lowest BCUT2D eigenvalue weighted by molar-refractivity contribution is -0.137. The second-order valence-electron chi connectivity index (χ2n) is 3.25. The van der Waals surface area contributed by atoms with Gasteiger partial charge in [-0.25, -0.2) is 0 Å². The lowest BCUT2D eigenvalue weighted by Crippen LogP contribution is -2.08. The van der Waals surface area contributed by atoms with Crippen LogP contribution >= 0.6 is 0 Å². The van der Waals surface area contributed by atoms with Gasteiger partial charge in [0, 0.05) is 19.3 Å². The molecule has 0 aromatic carbocycles. The van der Waals surface area contributed by atoms with Gasteiger partial charge in [-0.15, -0.1) is 0 Å². The molecular weight excluding hydrogens is 195 g/mol. The normalized spacial score (nSPS) is 11.7. The van der Waals surface area contributed by atoms with Crippen molar-refractivity contribution in [2.75, 3.05) is 6.54 Å². The number of hydrogen-bond donors (Lipinski definition) is 1. The van der Waals surface area contributed by atoms with Crippen LogP contribution < -0.4 is 5.73 Å². The van der Waals surface area contributed by atoms with Gasteiger partial charge >= 0.3 is 6.18 Å². The second kappa shape index (κ2) is 6.81. The van der Waals surface area contributed by atoms with E-state index in [-0.39, 0.29) is 18.6 Å². The molecule has 2 nitrogen and oxygen atoms in total. The van der Waals surface area contributed by atoms with Gasteiger partial charge in [0.1, 0.15) is 5.78 Å². The van der Waals surface area contributed by atoms with Crippen molar-refractivity contribution in [3.05, 3.63) is 0 Å². The first-order chi connectivity index (χ1) is 6.45. The van der Waals surface area contributed by atoms with Crippen LogP contribution in [0, 0.1) is 0 Å². The number of hydrogen-bond acceptors (Lipinski definition) is 2. The van der Waals surface area contributed by atoms with E-state index >= 15 is 0 Å². The Bertz CT molecular complexity index is 168. The van der Waals surface area contributed by atoms with Crippen molar-refractivity contribution in [2.45, 2.75) is 44.7 Å². The van der Waals surface area contributed by atoms with Gasteiger partial charge in [-0.1, -0.05) is 0 Å². The summed E-state index contributed by atoms with van der Waals surface area (Å²) in [6.07, 6.45) is -3.27. The van der Waals surface area contributed by atoms with Gasteiger partial charge in [-0.05, 0) is 25.8 Å². The first kappa shape index (κ1) is 13.4. The first-order valence-electron chi connectivity index (χ1n) is 4.74. The highest BCUT2D eigenvalue weighted by Crippen LogP contribution is 2.22. The molecule has 14 heavy (non-hydrogen) atoms. The molecule has 0 bridgehead atoms. The largest absolute Gasteiger partial charge is 0.389 e. The number of nitrogens with two attached hydrogens (primary N) is 1. The molecule has 0 aliphatic heterocycles. The molecule has 0 rings (SSSR count). The van der Waals surface area contributed by atoms with Crippen molar-refractivity contribution in [3.8, 4) is 0 Å². The van der Waals surface area contributed by atoms with Crippen molar-refractivity contribution >= 4 is 5.78 Å². The molecule has 0 aromatic rings. The molecular formula is C9H16F3NO. The fraction of sp³-hybridized carbons (Fsp3) is 0.889. The molecule has 0 aliphatic rings. The Balaban J connectivity index is 3.36. The molecule has 0 heterocycles. The van der Waals surface area contributed by atoms with Gasteiger partial charge in [0.25, 0.3) is 0 Å². The van der Waals surface area contributed by atoms with Crippen LogP contribution in [-0.4, -0.2) is 18.5 Å². The van der Waals surface area contributed by atoms with Crippen LogP contribution in [0.3, 0.4) is 0 Å². The number of carbonyl (C=O) groups is 1. The molecule has 0 fully saturated rings. The molecule has 0 aliphatic carbocycles. The monoisotopic (exact) mass is 211 g/mol. The molecule has 0 saturated heterocycles. The number of carbonyl (C=O) groups excluding carboxylic acids is 1. The molecule has 0 spiro atoms. The molecule has 0 unspecified atom stereocenters. The third-order valence-corrected chi connectivity index (χ3v) is 1.83. The van der Waals surface area contributed by atoms with Gasteiger partial charge in [-0.3, -0.25) is 4.79 Å². The molecule has 84 valence electrons. The summed E-state index contributed by atoms with van der Waals surface area (Å²) in [6.45, 7) is 0.524.